The summed E-state index contributed by atoms with van der Waals surface area (Å²) in [7, 11) is 0. The number of amides is 1. The molecule has 3 heterocycles. The van der Waals surface area contributed by atoms with E-state index in [2.05, 4.69) is 39.2 Å². The van der Waals surface area contributed by atoms with Crippen LogP contribution in [-0.2, 0) is 13.0 Å². The second-order valence-corrected chi connectivity index (χ2v) is 6.71. The van der Waals surface area contributed by atoms with Gasteiger partial charge in [-0.15, -0.1) is 0 Å². The molecule has 1 aromatic carbocycles. The normalized spacial score (nSPS) is 14.6. The SMILES string of the molecule is CCC(c1ccccc1)c1n[nH]c2c1CN(C(=O)c1c[nH]c(=O)cn1)CC2. The Morgan fingerprint density at radius 1 is 1.30 bits per heavy atom. The number of aromatic amines is 2. The zero-order chi connectivity index (χ0) is 18.8. The second-order valence-electron chi connectivity index (χ2n) is 6.71. The molecule has 0 saturated heterocycles. The third-order valence-corrected chi connectivity index (χ3v) is 5.08. The first kappa shape index (κ1) is 17.2. The van der Waals surface area contributed by atoms with Crippen LogP contribution in [0.15, 0.2) is 47.5 Å². The van der Waals surface area contributed by atoms with Crippen molar-refractivity contribution in [2.45, 2.75) is 32.2 Å². The molecular weight excluding hydrogens is 342 g/mol. The third kappa shape index (κ3) is 3.28. The average Bonchev–Trinajstić information content (AvgIpc) is 3.12. The van der Waals surface area contributed by atoms with E-state index in [0.29, 0.717) is 13.1 Å². The quantitative estimate of drug-likeness (QED) is 0.743. The Kier molecular flexibility index (Phi) is 4.58. The molecule has 0 bridgehead atoms. The Balaban J connectivity index is 1.62. The van der Waals surface area contributed by atoms with Crippen LogP contribution in [0.2, 0.25) is 0 Å². The van der Waals surface area contributed by atoms with Crippen LogP contribution in [0.4, 0.5) is 0 Å². The molecule has 2 N–H and O–H groups in total. The summed E-state index contributed by atoms with van der Waals surface area (Å²) in [6.45, 7) is 3.23. The van der Waals surface area contributed by atoms with Crippen LogP contribution in [0, 0.1) is 0 Å². The average molecular weight is 363 g/mol. The van der Waals surface area contributed by atoms with Crippen molar-refractivity contribution in [1.82, 2.24) is 25.1 Å². The molecule has 0 aliphatic carbocycles. The number of carbonyl (C=O) groups is 1. The molecule has 2 aromatic heterocycles. The monoisotopic (exact) mass is 363 g/mol. The van der Waals surface area contributed by atoms with Crippen molar-refractivity contribution in [1.29, 1.82) is 0 Å². The minimum atomic E-state index is -0.321. The van der Waals surface area contributed by atoms with Gasteiger partial charge in [0.1, 0.15) is 5.69 Å². The summed E-state index contributed by atoms with van der Waals surface area (Å²) in [6, 6.07) is 10.3. The van der Waals surface area contributed by atoms with E-state index in [-0.39, 0.29) is 23.1 Å². The van der Waals surface area contributed by atoms with Crippen molar-refractivity contribution in [3.8, 4) is 0 Å². The van der Waals surface area contributed by atoms with E-state index in [1.54, 1.807) is 4.90 Å². The van der Waals surface area contributed by atoms with Crippen molar-refractivity contribution < 1.29 is 4.79 Å². The van der Waals surface area contributed by atoms with Gasteiger partial charge in [-0.1, -0.05) is 37.3 Å². The minimum Gasteiger partial charge on any atom is -0.332 e. The Bertz CT molecular complexity index is 988. The van der Waals surface area contributed by atoms with Crippen molar-refractivity contribution in [3.05, 3.63) is 81.3 Å². The fourth-order valence-corrected chi connectivity index (χ4v) is 3.67. The van der Waals surface area contributed by atoms with Crippen LogP contribution in [0.25, 0.3) is 0 Å². The van der Waals surface area contributed by atoms with Gasteiger partial charge in [-0.25, -0.2) is 4.98 Å². The summed E-state index contributed by atoms with van der Waals surface area (Å²) in [5, 5.41) is 7.76. The van der Waals surface area contributed by atoms with Gasteiger partial charge in [0.25, 0.3) is 11.5 Å². The van der Waals surface area contributed by atoms with E-state index < -0.39 is 0 Å². The Labute approximate surface area is 156 Å². The summed E-state index contributed by atoms with van der Waals surface area (Å²) in [5.41, 5.74) is 4.34. The first-order valence-electron chi connectivity index (χ1n) is 9.12. The predicted molar refractivity (Wildman–Crippen MR) is 100 cm³/mol. The van der Waals surface area contributed by atoms with Gasteiger partial charge < -0.3 is 9.88 Å². The number of aromatic nitrogens is 4. The molecule has 0 radical (unpaired) electrons. The van der Waals surface area contributed by atoms with Crippen LogP contribution in [0.5, 0.6) is 0 Å². The highest BCUT2D eigenvalue weighted by Gasteiger charge is 2.29. The second kappa shape index (κ2) is 7.19. The zero-order valence-corrected chi connectivity index (χ0v) is 15.1. The van der Waals surface area contributed by atoms with Gasteiger partial charge in [-0.05, 0) is 12.0 Å². The molecule has 4 rings (SSSR count). The standard InChI is InChI=1S/C20H21N5O2/c1-2-14(13-6-4-3-5-7-13)19-15-12-25(9-8-16(15)23-24-19)20(27)17-10-22-18(26)11-21-17/h3-7,10-11,14H,2,8-9,12H2,1H3,(H,22,26)(H,23,24). The molecule has 1 unspecified atom stereocenters. The topological polar surface area (TPSA) is 94.7 Å². The van der Waals surface area contributed by atoms with Gasteiger partial charge >= 0.3 is 0 Å². The van der Waals surface area contributed by atoms with Gasteiger partial charge in [-0.2, -0.15) is 5.10 Å². The molecular formula is C20H21N5O2. The number of benzene rings is 1. The number of hydrogen-bond acceptors (Lipinski definition) is 4. The lowest BCUT2D eigenvalue weighted by Gasteiger charge is -2.28. The van der Waals surface area contributed by atoms with E-state index in [4.69, 9.17) is 0 Å². The van der Waals surface area contributed by atoms with Gasteiger partial charge in [0.05, 0.1) is 11.9 Å². The van der Waals surface area contributed by atoms with Gasteiger partial charge in [0.2, 0.25) is 0 Å². The zero-order valence-electron chi connectivity index (χ0n) is 15.1. The fraction of sp³-hybridized carbons (Fsp3) is 0.300. The highest BCUT2D eigenvalue weighted by atomic mass is 16.2. The van der Waals surface area contributed by atoms with E-state index in [1.165, 1.54) is 11.8 Å². The van der Waals surface area contributed by atoms with Crippen LogP contribution in [-0.4, -0.2) is 37.5 Å². The molecule has 1 atom stereocenters. The molecule has 1 amide bonds. The number of nitrogens with zero attached hydrogens (tertiary/aromatic N) is 3. The Morgan fingerprint density at radius 3 is 2.81 bits per heavy atom. The highest BCUT2D eigenvalue weighted by Crippen LogP contribution is 2.32. The smallest absolute Gasteiger partial charge is 0.274 e. The first-order valence-corrected chi connectivity index (χ1v) is 9.12. The number of carbonyl (C=O) groups excluding carboxylic acids is 1. The molecule has 3 aromatic rings. The number of H-pyrrole nitrogens is 2. The van der Waals surface area contributed by atoms with Crippen LogP contribution >= 0.6 is 0 Å². The van der Waals surface area contributed by atoms with E-state index in [9.17, 15) is 9.59 Å². The number of fused-ring (bicyclic) bond motifs is 1. The van der Waals surface area contributed by atoms with Crippen molar-refractivity contribution in [2.75, 3.05) is 6.54 Å². The lowest BCUT2D eigenvalue weighted by atomic mass is 9.89. The third-order valence-electron chi connectivity index (χ3n) is 5.08. The van der Waals surface area contributed by atoms with Crippen LogP contribution in [0.3, 0.4) is 0 Å². The van der Waals surface area contributed by atoms with E-state index in [1.807, 2.05) is 18.2 Å². The summed E-state index contributed by atoms with van der Waals surface area (Å²) in [5.74, 6) is 0.00395. The predicted octanol–water partition coefficient (Wildman–Crippen LogP) is 2.23. The van der Waals surface area contributed by atoms with Gasteiger partial charge in [0.15, 0.2) is 0 Å². The van der Waals surface area contributed by atoms with Gasteiger partial charge in [-0.3, -0.25) is 14.7 Å². The lowest BCUT2D eigenvalue weighted by molar-refractivity contribution is 0.0727. The molecule has 7 nitrogen and oxygen atoms in total. The molecule has 7 heteroatoms. The van der Waals surface area contributed by atoms with Crippen LogP contribution in [0.1, 0.15) is 52.3 Å². The Morgan fingerprint density at radius 2 is 2.11 bits per heavy atom. The lowest BCUT2D eigenvalue weighted by Crippen LogP contribution is -2.37. The highest BCUT2D eigenvalue weighted by molar-refractivity contribution is 5.92. The maximum atomic E-state index is 12.8. The molecule has 138 valence electrons. The molecule has 1 aliphatic heterocycles. The number of hydrogen-bond donors (Lipinski definition) is 2. The van der Waals surface area contributed by atoms with Crippen molar-refractivity contribution in [2.24, 2.45) is 0 Å². The molecule has 27 heavy (non-hydrogen) atoms. The van der Waals surface area contributed by atoms with E-state index in [0.717, 1.165) is 36.0 Å². The maximum absolute atomic E-state index is 12.8. The maximum Gasteiger partial charge on any atom is 0.274 e. The van der Waals surface area contributed by atoms with Crippen LogP contribution < -0.4 is 5.56 Å². The molecule has 0 saturated carbocycles. The molecule has 0 fully saturated rings. The summed E-state index contributed by atoms with van der Waals surface area (Å²) in [4.78, 5) is 32.2. The van der Waals surface area contributed by atoms with E-state index >= 15 is 0 Å². The summed E-state index contributed by atoms with van der Waals surface area (Å²) in [6.07, 6.45) is 4.16. The van der Waals surface area contributed by atoms with Gasteiger partial charge in [0, 0.05) is 42.9 Å². The van der Waals surface area contributed by atoms with Crippen molar-refractivity contribution in [3.63, 3.8) is 0 Å². The minimum absolute atomic E-state index is 0.184. The fourth-order valence-electron chi connectivity index (χ4n) is 3.67. The summed E-state index contributed by atoms with van der Waals surface area (Å²) >= 11 is 0. The van der Waals surface area contributed by atoms with Crippen molar-refractivity contribution >= 4 is 5.91 Å². The summed E-state index contributed by atoms with van der Waals surface area (Å²) < 4.78 is 0. The largest absolute Gasteiger partial charge is 0.332 e. The number of nitrogens with one attached hydrogen (secondary N) is 2. The Hall–Kier alpha value is -3.22. The first-order chi connectivity index (χ1) is 13.2. The molecule has 0 spiro atoms. The molecule has 1 aliphatic rings. The number of rotatable bonds is 4.